The molecule has 1 rings (SSSR count). The zero-order chi connectivity index (χ0) is 10.2. The third-order valence-corrected chi connectivity index (χ3v) is 3.36. The normalized spacial score (nSPS) is 22.9. The molecule has 0 spiro atoms. The summed E-state index contributed by atoms with van der Waals surface area (Å²) in [6, 6.07) is 0. The van der Waals surface area contributed by atoms with Gasteiger partial charge in [-0.1, -0.05) is 5.16 Å². The van der Waals surface area contributed by atoms with Gasteiger partial charge in [0.05, 0.1) is 6.10 Å². The van der Waals surface area contributed by atoms with E-state index in [0.717, 1.165) is 24.5 Å². The van der Waals surface area contributed by atoms with Crippen LogP contribution >= 0.6 is 11.8 Å². The fourth-order valence-electron chi connectivity index (χ4n) is 1.40. The molecule has 82 valence electrons. The van der Waals surface area contributed by atoms with E-state index < -0.39 is 0 Å². The van der Waals surface area contributed by atoms with Crippen molar-refractivity contribution in [3.05, 3.63) is 0 Å². The second-order valence-corrected chi connectivity index (χ2v) is 4.55. The smallest absolute Gasteiger partial charge is 0.139 e. The summed E-state index contributed by atoms with van der Waals surface area (Å²) < 4.78 is 5.49. The van der Waals surface area contributed by atoms with Crippen molar-refractivity contribution in [3.8, 4) is 0 Å². The van der Waals surface area contributed by atoms with Gasteiger partial charge in [0.1, 0.15) is 5.84 Å². The molecule has 4 nitrogen and oxygen atoms in total. The van der Waals surface area contributed by atoms with Crippen molar-refractivity contribution < 1.29 is 9.94 Å². The molecular weight excluding hydrogens is 200 g/mol. The lowest BCUT2D eigenvalue weighted by atomic mass is 10.3. The molecule has 5 heteroatoms. The van der Waals surface area contributed by atoms with Crippen molar-refractivity contribution in [2.24, 2.45) is 10.9 Å². The summed E-state index contributed by atoms with van der Waals surface area (Å²) in [5, 5.41) is 11.2. The molecular formula is C9H18N2O2S. The summed E-state index contributed by atoms with van der Waals surface area (Å²) in [6.07, 6.45) is 4.51. The van der Waals surface area contributed by atoms with Gasteiger partial charge in [0.25, 0.3) is 0 Å². The number of rotatable bonds is 6. The average molecular weight is 218 g/mol. The van der Waals surface area contributed by atoms with Crippen LogP contribution in [0.1, 0.15) is 25.7 Å². The topological polar surface area (TPSA) is 67.8 Å². The maximum absolute atomic E-state index is 8.30. The van der Waals surface area contributed by atoms with E-state index in [-0.39, 0.29) is 0 Å². The Hall–Kier alpha value is -0.420. The molecule has 0 bridgehead atoms. The molecule has 14 heavy (non-hydrogen) atoms. The molecule has 0 aromatic carbocycles. The molecule has 1 atom stereocenters. The van der Waals surface area contributed by atoms with Crippen LogP contribution in [-0.2, 0) is 4.74 Å². The standard InChI is InChI=1S/C9H18N2O2S/c10-9(11-12)4-2-6-14-7-8-3-1-5-13-8/h8,12H,1-7H2,(H2,10,11). The third-order valence-electron chi connectivity index (χ3n) is 2.18. The van der Waals surface area contributed by atoms with E-state index in [4.69, 9.17) is 15.7 Å². The maximum Gasteiger partial charge on any atom is 0.139 e. The highest BCUT2D eigenvalue weighted by molar-refractivity contribution is 7.99. The van der Waals surface area contributed by atoms with Crippen LogP contribution in [0.5, 0.6) is 0 Å². The Morgan fingerprint density at radius 2 is 2.50 bits per heavy atom. The van der Waals surface area contributed by atoms with E-state index in [1.165, 1.54) is 12.8 Å². The number of hydrogen-bond acceptors (Lipinski definition) is 4. The van der Waals surface area contributed by atoms with Crippen LogP contribution in [0.25, 0.3) is 0 Å². The minimum Gasteiger partial charge on any atom is -0.409 e. The van der Waals surface area contributed by atoms with Gasteiger partial charge in [0.15, 0.2) is 0 Å². The van der Waals surface area contributed by atoms with Crippen molar-refractivity contribution in [1.82, 2.24) is 0 Å². The van der Waals surface area contributed by atoms with Crippen LogP contribution in [0.4, 0.5) is 0 Å². The van der Waals surface area contributed by atoms with E-state index >= 15 is 0 Å². The highest BCUT2D eigenvalue weighted by atomic mass is 32.2. The first kappa shape index (κ1) is 11.7. The van der Waals surface area contributed by atoms with Crippen LogP contribution in [0.15, 0.2) is 5.16 Å². The van der Waals surface area contributed by atoms with Gasteiger partial charge in [-0.05, 0) is 25.0 Å². The van der Waals surface area contributed by atoms with Crippen molar-refractivity contribution in [1.29, 1.82) is 0 Å². The molecule has 0 aromatic heterocycles. The van der Waals surface area contributed by atoms with Gasteiger partial charge in [-0.2, -0.15) is 11.8 Å². The molecule has 3 N–H and O–H groups in total. The van der Waals surface area contributed by atoms with Gasteiger partial charge in [0, 0.05) is 18.8 Å². The highest BCUT2D eigenvalue weighted by Crippen LogP contribution is 2.17. The van der Waals surface area contributed by atoms with E-state index in [1.54, 1.807) is 0 Å². The van der Waals surface area contributed by atoms with E-state index in [1.807, 2.05) is 11.8 Å². The SMILES string of the molecule is NC(CCCSCC1CCCO1)=NO. The Morgan fingerprint density at radius 1 is 1.64 bits per heavy atom. The minimum atomic E-state index is 0.322. The van der Waals surface area contributed by atoms with Crippen molar-refractivity contribution in [2.75, 3.05) is 18.1 Å². The number of nitrogens with zero attached hydrogens (tertiary/aromatic N) is 1. The first-order chi connectivity index (χ1) is 6.83. The molecule has 0 saturated carbocycles. The molecule has 0 aromatic rings. The predicted molar refractivity (Wildman–Crippen MR) is 58.9 cm³/mol. The van der Waals surface area contributed by atoms with Crippen LogP contribution in [0.3, 0.4) is 0 Å². The monoisotopic (exact) mass is 218 g/mol. The van der Waals surface area contributed by atoms with Crippen LogP contribution in [-0.4, -0.2) is 35.3 Å². The molecule has 1 unspecified atom stereocenters. The Bertz CT molecular complexity index is 182. The molecule has 1 aliphatic rings. The fourth-order valence-corrected chi connectivity index (χ4v) is 2.44. The van der Waals surface area contributed by atoms with Gasteiger partial charge in [-0.3, -0.25) is 0 Å². The second-order valence-electron chi connectivity index (χ2n) is 3.40. The lowest BCUT2D eigenvalue weighted by molar-refractivity contribution is 0.129. The number of hydrogen-bond donors (Lipinski definition) is 2. The number of amidine groups is 1. The molecule has 1 aliphatic heterocycles. The molecule has 0 amide bonds. The molecule has 1 saturated heterocycles. The quantitative estimate of drug-likeness (QED) is 0.233. The van der Waals surface area contributed by atoms with Gasteiger partial charge < -0.3 is 15.7 Å². The first-order valence-electron chi connectivity index (χ1n) is 4.98. The highest BCUT2D eigenvalue weighted by Gasteiger charge is 2.14. The second kappa shape index (κ2) is 6.95. The molecule has 1 heterocycles. The Labute approximate surface area is 88.9 Å². The Kier molecular flexibility index (Phi) is 5.78. The fraction of sp³-hybridized carbons (Fsp3) is 0.889. The lowest BCUT2D eigenvalue weighted by Gasteiger charge is -2.07. The first-order valence-corrected chi connectivity index (χ1v) is 6.14. The summed E-state index contributed by atoms with van der Waals surface area (Å²) in [5.74, 6) is 2.45. The maximum atomic E-state index is 8.30. The summed E-state index contributed by atoms with van der Waals surface area (Å²) in [6.45, 7) is 0.926. The number of ether oxygens (including phenoxy) is 1. The molecule has 0 aliphatic carbocycles. The van der Waals surface area contributed by atoms with Crippen molar-refractivity contribution in [3.63, 3.8) is 0 Å². The number of thioether (sulfide) groups is 1. The van der Waals surface area contributed by atoms with Crippen molar-refractivity contribution in [2.45, 2.75) is 31.8 Å². The van der Waals surface area contributed by atoms with Crippen LogP contribution in [0.2, 0.25) is 0 Å². The van der Waals surface area contributed by atoms with Crippen LogP contribution in [0, 0.1) is 0 Å². The molecule has 1 fully saturated rings. The lowest BCUT2D eigenvalue weighted by Crippen LogP contribution is -2.12. The number of nitrogens with two attached hydrogens (primary N) is 1. The summed E-state index contributed by atoms with van der Waals surface area (Å²) >= 11 is 1.89. The summed E-state index contributed by atoms with van der Waals surface area (Å²) in [7, 11) is 0. The minimum absolute atomic E-state index is 0.322. The Morgan fingerprint density at radius 3 is 3.14 bits per heavy atom. The zero-order valence-corrected chi connectivity index (χ0v) is 9.13. The zero-order valence-electron chi connectivity index (χ0n) is 8.32. The molecule has 0 radical (unpaired) electrons. The van der Waals surface area contributed by atoms with Gasteiger partial charge in [0.2, 0.25) is 0 Å². The van der Waals surface area contributed by atoms with Crippen LogP contribution < -0.4 is 5.73 Å². The van der Waals surface area contributed by atoms with Gasteiger partial charge in [-0.15, -0.1) is 0 Å². The van der Waals surface area contributed by atoms with Gasteiger partial charge in [-0.25, -0.2) is 0 Å². The summed E-state index contributed by atoms with van der Waals surface area (Å²) in [5.41, 5.74) is 5.34. The van der Waals surface area contributed by atoms with E-state index in [2.05, 4.69) is 5.16 Å². The third kappa shape index (κ3) is 4.72. The predicted octanol–water partition coefficient (Wildman–Crippen LogP) is 1.43. The summed E-state index contributed by atoms with van der Waals surface area (Å²) in [4.78, 5) is 0. The van der Waals surface area contributed by atoms with Crippen molar-refractivity contribution >= 4 is 17.6 Å². The Balaban J connectivity index is 1.89. The van der Waals surface area contributed by atoms with E-state index in [0.29, 0.717) is 18.4 Å². The van der Waals surface area contributed by atoms with Gasteiger partial charge >= 0.3 is 0 Å². The average Bonchev–Trinajstić information content (AvgIpc) is 2.69. The largest absolute Gasteiger partial charge is 0.409 e. The van der Waals surface area contributed by atoms with E-state index in [9.17, 15) is 0 Å². The number of oxime groups is 1.